The van der Waals surface area contributed by atoms with E-state index in [1.165, 1.54) is 12.8 Å². The smallest absolute Gasteiger partial charge is 0.0698 e. The van der Waals surface area contributed by atoms with Crippen molar-refractivity contribution in [2.45, 2.75) is 59.0 Å². The van der Waals surface area contributed by atoms with Gasteiger partial charge >= 0.3 is 0 Å². The number of unbranched alkanes of at least 4 members (excludes halogenated alkanes) is 1. The highest BCUT2D eigenvalue weighted by Crippen LogP contribution is 2.23. The lowest BCUT2D eigenvalue weighted by molar-refractivity contribution is 0.0156. The summed E-state index contributed by atoms with van der Waals surface area (Å²) in [5, 5.41) is 35.3. The summed E-state index contributed by atoms with van der Waals surface area (Å²) in [5.74, 6) is 0.434. The van der Waals surface area contributed by atoms with E-state index < -0.39 is 0 Å². The van der Waals surface area contributed by atoms with Crippen molar-refractivity contribution in [3.63, 3.8) is 0 Å². The molecule has 3 unspecified atom stereocenters. The summed E-state index contributed by atoms with van der Waals surface area (Å²) in [6, 6.07) is 0. The van der Waals surface area contributed by atoms with Crippen LogP contribution in [0, 0.1) is 11.8 Å². The molecule has 0 aromatic rings. The number of ether oxygens (including phenoxy) is 1. The van der Waals surface area contributed by atoms with Gasteiger partial charge in [-0.05, 0) is 18.8 Å². The summed E-state index contributed by atoms with van der Waals surface area (Å²) in [6.07, 6.45) is 5.00. The SMILES string of the molecule is CCCCC(CC)C(O)C(CC)CO.OCCOCCO. The van der Waals surface area contributed by atoms with E-state index in [-0.39, 0.29) is 31.8 Å². The van der Waals surface area contributed by atoms with Gasteiger partial charge in [-0.25, -0.2) is 0 Å². The van der Waals surface area contributed by atoms with Crippen LogP contribution in [0.5, 0.6) is 0 Å². The van der Waals surface area contributed by atoms with Crippen molar-refractivity contribution in [2.75, 3.05) is 33.0 Å². The minimum absolute atomic E-state index is 0.0278. The molecule has 0 aliphatic carbocycles. The van der Waals surface area contributed by atoms with Gasteiger partial charge in [0.1, 0.15) is 0 Å². The lowest BCUT2D eigenvalue weighted by Crippen LogP contribution is -2.31. The molecule has 3 atom stereocenters. The van der Waals surface area contributed by atoms with Crippen LogP contribution in [0.3, 0.4) is 0 Å². The van der Waals surface area contributed by atoms with Crippen molar-refractivity contribution in [3.8, 4) is 0 Å². The van der Waals surface area contributed by atoms with Gasteiger partial charge in [0.2, 0.25) is 0 Å². The molecule has 0 radical (unpaired) electrons. The summed E-state index contributed by atoms with van der Waals surface area (Å²) >= 11 is 0. The Hall–Kier alpha value is -0.200. The fraction of sp³-hybridized carbons (Fsp3) is 1.00. The number of aliphatic hydroxyl groups is 4. The molecule has 0 saturated heterocycles. The molecule has 21 heavy (non-hydrogen) atoms. The van der Waals surface area contributed by atoms with Crippen LogP contribution in [0.25, 0.3) is 0 Å². The lowest BCUT2D eigenvalue weighted by atomic mass is 9.85. The zero-order valence-corrected chi connectivity index (χ0v) is 14.0. The van der Waals surface area contributed by atoms with Crippen LogP contribution in [0.1, 0.15) is 52.9 Å². The van der Waals surface area contributed by atoms with Gasteiger partial charge in [-0.15, -0.1) is 0 Å². The summed E-state index contributed by atoms with van der Waals surface area (Å²) < 4.78 is 4.63. The Morgan fingerprint density at radius 2 is 1.38 bits per heavy atom. The first kappa shape index (κ1) is 23.1. The van der Waals surface area contributed by atoms with E-state index >= 15 is 0 Å². The Kier molecular flexibility index (Phi) is 19.6. The van der Waals surface area contributed by atoms with Crippen LogP contribution in [-0.2, 0) is 4.74 Å². The Morgan fingerprint density at radius 3 is 1.71 bits per heavy atom. The van der Waals surface area contributed by atoms with Crippen molar-refractivity contribution < 1.29 is 25.2 Å². The Morgan fingerprint density at radius 1 is 0.857 bits per heavy atom. The van der Waals surface area contributed by atoms with Crippen LogP contribution < -0.4 is 0 Å². The molecule has 0 aliphatic heterocycles. The summed E-state index contributed by atoms with van der Waals surface area (Å²) in [6.45, 7) is 7.12. The van der Waals surface area contributed by atoms with Crippen LogP contribution in [-0.4, -0.2) is 59.6 Å². The van der Waals surface area contributed by atoms with Crippen LogP contribution in [0.15, 0.2) is 0 Å². The van der Waals surface area contributed by atoms with Gasteiger partial charge in [0.05, 0.1) is 32.5 Å². The van der Waals surface area contributed by atoms with Crippen LogP contribution >= 0.6 is 0 Å². The molecule has 0 fully saturated rings. The van der Waals surface area contributed by atoms with E-state index in [1.807, 2.05) is 6.92 Å². The molecular weight excluding hydrogens is 272 g/mol. The number of hydrogen-bond donors (Lipinski definition) is 4. The second kappa shape index (κ2) is 17.9. The largest absolute Gasteiger partial charge is 0.396 e. The number of rotatable bonds is 12. The van der Waals surface area contributed by atoms with Gasteiger partial charge in [0.25, 0.3) is 0 Å². The van der Waals surface area contributed by atoms with Crippen molar-refractivity contribution in [1.82, 2.24) is 0 Å². The zero-order valence-electron chi connectivity index (χ0n) is 14.0. The van der Waals surface area contributed by atoms with Crippen molar-refractivity contribution in [3.05, 3.63) is 0 Å². The summed E-state index contributed by atoms with van der Waals surface area (Å²) in [5.41, 5.74) is 0. The third-order valence-corrected chi connectivity index (χ3v) is 3.65. The predicted octanol–water partition coefficient (Wildman–Crippen LogP) is 1.57. The molecule has 0 aliphatic rings. The highest BCUT2D eigenvalue weighted by molar-refractivity contribution is 4.74. The molecule has 0 rings (SSSR count). The van der Waals surface area contributed by atoms with Crippen molar-refractivity contribution in [1.29, 1.82) is 0 Å². The van der Waals surface area contributed by atoms with Crippen molar-refractivity contribution in [2.24, 2.45) is 11.8 Å². The zero-order chi connectivity index (χ0) is 16.5. The van der Waals surface area contributed by atoms with E-state index in [1.54, 1.807) is 0 Å². The average molecular weight is 308 g/mol. The molecule has 0 amide bonds. The van der Waals surface area contributed by atoms with Gasteiger partial charge in [0, 0.05) is 12.5 Å². The summed E-state index contributed by atoms with van der Waals surface area (Å²) in [7, 11) is 0. The number of aliphatic hydroxyl groups excluding tert-OH is 4. The fourth-order valence-corrected chi connectivity index (χ4v) is 2.18. The molecule has 5 heteroatoms. The topological polar surface area (TPSA) is 90.2 Å². The van der Waals surface area contributed by atoms with Gasteiger partial charge in [-0.3, -0.25) is 0 Å². The van der Waals surface area contributed by atoms with Gasteiger partial charge in [0.15, 0.2) is 0 Å². The third-order valence-electron chi connectivity index (χ3n) is 3.65. The predicted molar refractivity (Wildman–Crippen MR) is 85.2 cm³/mol. The summed E-state index contributed by atoms with van der Waals surface area (Å²) in [4.78, 5) is 0. The fourth-order valence-electron chi connectivity index (χ4n) is 2.18. The molecule has 0 heterocycles. The number of hydrogen-bond acceptors (Lipinski definition) is 5. The van der Waals surface area contributed by atoms with Crippen molar-refractivity contribution >= 4 is 0 Å². The highest BCUT2D eigenvalue weighted by atomic mass is 16.5. The van der Waals surface area contributed by atoms with E-state index in [4.69, 9.17) is 15.3 Å². The Labute approximate surface area is 130 Å². The Bertz CT molecular complexity index is 182. The first-order valence-electron chi connectivity index (χ1n) is 8.21. The average Bonchev–Trinajstić information content (AvgIpc) is 2.50. The maximum absolute atomic E-state index is 10.0. The molecule has 4 N–H and O–H groups in total. The maximum atomic E-state index is 10.0. The molecule has 0 aromatic carbocycles. The molecular formula is C16H36O5. The lowest BCUT2D eigenvalue weighted by Gasteiger charge is -2.27. The van der Waals surface area contributed by atoms with E-state index in [9.17, 15) is 5.11 Å². The molecule has 0 saturated carbocycles. The first-order valence-corrected chi connectivity index (χ1v) is 8.21. The third kappa shape index (κ3) is 13.2. The second-order valence-corrected chi connectivity index (χ2v) is 5.21. The van der Waals surface area contributed by atoms with E-state index in [0.29, 0.717) is 19.1 Å². The van der Waals surface area contributed by atoms with Crippen LogP contribution in [0.4, 0.5) is 0 Å². The van der Waals surface area contributed by atoms with E-state index in [2.05, 4.69) is 18.6 Å². The Balaban J connectivity index is 0. The molecule has 130 valence electrons. The van der Waals surface area contributed by atoms with Gasteiger partial charge in [-0.1, -0.05) is 40.0 Å². The van der Waals surface area contributed by atoms with Crippen LogP contribution in [0.2, 0.25) is 0 Å². The normalized spacial score (nSPS) is 15.0. The van der Waals surface area contributed by atoms with Gasteiger partial charge in [-0.2, -0.15) is 0 Å². The van der Waals surface area contributed by atoms with E-state index in [0.717, 1.165) is 19.3 Å². The molecule has 0 bridgehead atoms. The molecule has 0 aromatic heterocycles. The monoisotopic (exact) mass is 308 g/mol. The quantitative estimate of drug-likeness (QED) is 0.411. The minimum Gasteiger partial charge on any atom is -0.396 e. The molecule has 0 spiro atoms. The first-order chi connectivity index (χ1) is 10.1. The maximum Gasteiger partial charge on any atom is 0.0698 e. The van der Waals surface area contributed by atoms with Gasteiger partial charge < -0.3 is 25.2 Å². The highest BCUT2D eigenvalue weighted by Gasteiger charge is 2.24. The minimum atomic E-state index is -0.318. The molecule has 5 nitrogen and oxygen atoms in total. The standard InChI is InChI=1S/C12H26O2.C4H10O3/c1-4-7-8-10(5-2)12(14)11(6-3)9-13;5-1-3-7-4-2-6/h10-14H,4-9H2,1-3H3;5-6H,1-4H2. The second-order valence-electron chi connectivity index (χ2n) is 5.21.